The number of carbonyl (C=O) groups is 1. The molecule has 0 atom stereocenters. The van der Waals surface area contributed by atoms with Crippen molar-refractivity contribution in [3.05, 3.63) is 83.2 Å². The van der Waals surface area contributed by atoms with Crippen LogP contribution in [0.2, 0.25) is 0 Å². The Hall–Kier alpha value is -3.26. The zero-order chi connectivity index (χ0) is 26.3. The maximum Gasteiger partial charge on any atom is 0.268 e. The number of anilines is 1. The van der Waals surface area contributed by atoms with Crippen LogP contribution in [0.15, 0.2) is 65.7 Å². The van der Waals surface area contributed by atoms with Crippen LogP contribution in [-0.4, -0.2) is 37.9 Å². The summed E-state index contributed by atoms with van der Waals surface area (Å²) in [5.74, 6) is 0.445. The predicted octanol–water partition coefficient (Wildman–Crippen LogP) is 5.10. The van der Waals surface area contributed by atoms with Crippen LogP contribution < -0.4 is 9.62 Å². The topological polar surface area (TPSA) is 92.3 Å². The summed E-state index contributed by atoms with van der Waals surface area (Å²) < 4.78 is 27.9. The number of nitrogens with one attached hydrogen (secondary N) is 1. The lowest BCUT2D eigenvalue weighted by molar-refractivity contribution is 0.0979. The first-order valence-corrected chi connectivity index (χ1v) is 14.5. The molecule has 1 aliphatic carbocycles. The molecule has 4 rings (SSSR count). The van der Waals surface area contributed by atoms with Crippen LogP contribution >= 0.6 is 0 Å². The molecule has 2 aromatic carbocycles. The fourth-order valence-corrected chi connectivity index (χ4v) is 5.75. The van der Waals surface area contributed by atoms with Crippen LogP contribution in [-0.2, 0) is 22.9 Å². The monoisotopic (exact) mass is 520 g/mol. The van der Waals surface area contributed by atoms with E-state index in [0.29, 0.717) is 24.0 Å². The highest BCUT2D eigenvalue weighted by molar-refractivity contribution is 7.90. The molecule has 1 saturated carbocycles. The average molecular weight is 521 g/mol. The summed E-state index contributed by atoms with van der Waals surface area (Å²) in [6, 6.07) is 16.6. The lowest BCUT2D eigenvalue weighted by Gasteiger charge is -2.22. The van der Waals surface area contributed by atoms with E-state index in [1.54, 1.807) is 12.1 Å². The van der Waals surface area contributed by atoms with E-state index in [1.807, 2.05) is 37.1 Å². The van der Waals surface area contributed by atoms with Crippen LogP contribution in [0, 0.1) is 12.8 Å². The molecule has 37 heavy (non-hydrogen) atoms. The summed E-state index contributed by atoms with van der Waals surface area (Å²) in [7, 11) is -2.07. The summed E-state index contributed by atoms with van der Waals surface area (Å²) >= 11 is 0. The first-order valence-electron chi connectivity index (χ1n) is 13.1. The number of hydrogen-bond donors (Lipinski definition) is 1. The molecule has 0 aliphatic heterocycles. The third-order valence-electron chi connectivity index (χ3n) is 7.09. The van der Waals surface area contributed by atoms with Gasteiger partial charge < -0.3 is 4.90 Å². The molecule has 0 radical (unpaired) electrons. The molecule has 7 nitrogen and oxygen atoms in total. The lowest BCUT2D eigenvalue weighted by Crippen LogP contribution is -2.32. The van der Waals surface area contributed by atoms with Crippen LogP contribution in [0.25, 0.3) is 0 Å². The first-order chi connectivity index (χ1) is 17.8. The zero-order valence-corrected chi connectivity index (χ0v) is 22.5. The SMILES string of the molecule is Cc1ccc(S(=O)(=O)NC(=O)c2cnc(N(C)CCc3ccccc3)nc2CCC2CCCCC2)cc1. The number of sulfonamides is 1. The van der Waals surface area contributed by atoms with Gasteiger partial charge in [-0.15, -0.1) is 0 Å². The second-order valence-electron chi connectivity index (χ2n) is 9.98. The van der Waals surface area contributed by atoms with Crippen LogP contribution in [0.4, 0.5) is 5.95 Å². The fourth-order valence-electron chi connectivity index (χ4n) is 4.78. The molecule has 8 heteroatoms. The molecule has 3 aromatic rings. The molecule has 196 valence electrons. The van der Waals surface area contributed by atoms with E-state index in [4.69, 9.17) is 4.98 Å². The van der Waals surface area contributed by atoms with E-state index in [0.717, 1.165) is 24.9 Å². The molecule has 0 saturated heterocycles. The number of aromatic nitrogens is 2. The minimum absolute atomic E-state index is 0.0494. The second kappa shape index (κ2) is 12.3. The standard InChI is InChI=1S/C29H36N4O3S/c1-22-13-16-25(17-14-22)37(35,36)32-28(34)26-21-30-29(33(2)20-19-24-11-7-4-8-12-24)31-27(26)18-15-23-9-5-3-6-10-23/h4,7-8,11-14,16-17,21,23H,3,5-6,9-10,15,18-20H2,1-2H3,(H,32,34). The van der Waals surface area contributed by atoms with E-state index in [1.165, 1.54) is 56.0 Å². The predicted molar refractivity (Wildman–Crippen MR) is 146 cm³/mol. The van der Waals surface area contributed by atoms with Gasteiger partial charge in [0.2, 0.25) is 5.95 Å². The normalized spacial score (nSPS) is 14.3. The van der Waals surface area contributed by atoms with Crippen molar-refractivity contribution in [3.63, 3.8) is 0 Å². The average Bonchev–Trinajstić information content (AvgIpc) is 2.91. The second-order valence-corrected chi connectivity index (χ2v) is 11.7. The smallest absolute Gasteiger partial charge is 0.268 e. The Morgan fingerprint density at radius 1 is 1.00 bits per heavy atom. The third-order valence-corrected chi connectivity index (χ3v) is 8.44. The Kier molecular flexibility index (Phi) is 8.92. The zero-order valence-electron chi connectivity index (χ0n) is 21.7. The summed E-state index contributed by atoms with van der Waals surface area (Å²) in [5.41, 5.74) is 2.98. The molecule has 0 spiro atoms. The number of likely N-dealkylation sites (N-methyl/N-ethyl adjacent to an activating group) is 1. The summed E-state index contributed by atoms with van der Waals surface area (Å²) in [6.45, 7) is 2.60. The molecule has 1 aromatic heterocycles. The Bertz CT molecular complexity index is 1290. The summed E-state index contributed by atoms with van der Waals surface area (Å²) in [5, 5.41) is 0. The molecule has 0 unspecified atom stereocenters. The van der Waals surface area contributed by atoms with Crippen molar-refractivity contribution in [2.45, 2.75) is 63.2 Å². The number of nitrogens with zero attached hydrogens (tertiary/aromatic N) is 3. The van der Waals surface area contributed by atoms with E-state index < -0.39 is 15.9 Å². The summed E-state index contributed by atoms with van der Waals surface area (Å²) in [4.78, 5) is 24.4. The van der Waals surface area contributed by atoms with Crippen molar-refractivity contribution in [2.75, 3.05) is 18.5 Å². The van der Waals surface area contributed by atoms with Crippen LogP contribution in [0.5, 0.6) is 0 Å². The Labute approximate surface area is 220 Å². The van der Waals surface area contributed by atoms with Crippen molar-refractivity contribution < 1.29 is 13.2 Å². The molecule has 1 N–H and O–H groups in total. The van der Waals surface area contributed by atoms with Gasteiger partial charge in [0.25, 0.3) is 15.9 Å². The maximum absolute atomic E-state index is 13.2. The Morgan fingerprint density at radius 2 is 1.70 bits per heavy atom. The minimum Gasteiger partial charge on any atom is -0.344 e. The third kappa shape index (κ3) is 7.38. The van der Waals surface area contributed by atoms with Crippen molar-refractivity contribution in [1.29, 1.82) is 0 Å². The van der Waals surface area contributed by atoms with Crippen LogP contribution in [0.3, 0.4) is 0 Å². The van der Waals surface area contributed by atoms with Crippen molar-refractivity contribution in [1.82, 2.24) is 14.7 Å². The van der Waals surface area contributed by atoms with Gasteiger partial charge in [-0.3, -0.25) is 4.79 Å². The number of benzene rings is 2. The van der Waals surface area contributed by atoms with Gasteiger partial charge in [0.05, 0.1) is 16.2 Å². The van der Waals surface area contributed by atoms with E-state index in [2.05, 4.69) is 21.8 Å². The van der Waals surface area contributed by atoms with Gasteiger partial charge >= 0.3 is 0 Å². The largest absolute Gasteiger partial charge is 0.344 e. The minimum atomic E-state index is -4.01. The molecule has 1 fully saturated rings. The van der Waals surface area contributed by atoms with Gasteiger partial charge in [0, 0.05) is 19.8 Å². The van der Waals surface area contributed by atoms with Gasteiger partial charge in [-0.1, -0.05) is 80.1 Å². The number of rotatable bonds is 10. The van der Waals surface area contributed by atoms with Crippen molar-refractivity contribution in [2.24, 2.45) is 5.92 Å². The quantitative estimate of drug-likeness (QED) is 0.400. The van der Waals surface area contributed by atoms with Crippen molar-refractivity contribution in [3.8, 4) is 0 Å². The van der Waals surface area contributed by atoms with Gasteiger partial charge in [-0.2, -0.15) is 0 Å². The number of amides is 1. The van der Waals surface area contributed by atoms with Gasteiger partial charge in [-0.25, -0.2) is 23.1 Å². The maximum atomic E-state index is 13.2. The summed E-state index contributed by atoms with van der Waals surface area (Å²) in [6.07, 6.45) is 10.00. The Morgan fingerprint density at radius 3 is 2.41 bits per heavy atom. The van der Waals surface area contributed by atoms with Gasteiger partial charge in [0.1, 0.15) is 0 Å². The van der Waals surface area contributed by atoms with E-state index >= 15 is 0 Å². The van der Waals surface area contributed by atoms with Crippen molar-refractivity contribution >= 4 is 21.9 Å². The first kappa shape index (κ1) is 26.8. The number of carbonyl (C=O) groups excluding carboxylic acids is 1. The number of hydrogen-bond acceptors (Lipinski definition) is 6. The lowest BCUT2D eigenvalue weighted by atomic mass is 9.85. The molecular formula is C29H36N4O3S. The van der Waals surface area contributed by atoms with Crippen LogP contribution in [0.1, 0.15) is 65.7 Å². The molecule has 1 heterocycles. The van der Waals surface area contributed by atoms with E-state index in [-0.39, 0.29) is 10.5 Å². The van der Waals surface area contributed by atoms with Gasteiger partial charge in [0.15, 0.2) is 0 Å². The fraction of sp³-hybridized carbons (Fsp3) is 0.414. The van der Waals surface area contributed by atoms with Gasteiger partial charge in [-0.05, 0) is 49.8 Å². The highest BCUT2D eigenvalue weighted by Crippen LogP contribution is 2.28. The highest BCUT2D eigenvalue weighted by atomic mass is 32.2. The van der Waals surface area contributed by atoms with E-state index in [9.17, 15) is 13.2 Å². The highest BCUT2D eigenvalue weighted by Gasteiger charge is 2.23. The Balaban J connectivity index is 1.53. The molecule has 1 aliphatic rings. The number of aryl methyl sites for hydroxylation is 2. The molecular weight excluding hydrogens is 484 g/mol. The molecule has 0 bridgehead atoms. The molecule has 1 amide bonds.